The van der Waals surface area contributed by atoms with Crippen LogP contribution >= 0.6 is 24.0 Å². The molecule has 2 aromatic heterocycles. The Morgan fingerprint density at radius 2 is 1.80 bits per heavy atom. The Morgan fingerprint density at radius 1 is 0.960 bits per heavy atom. The summed E-state index contributed by atoms with van der Waals surface area (Å²) in [6.07, 6.45) is 4.52. The molecule has 2 heterocycles. The van der Waals surface area contributed by atoms with Crippen molar-refractivity contribution < 1.29 is 0 Å². The molecule has 0 amide bonds. The summed E-state index contributed by atoms with van der Waals surface area (Å²) in [5.74, 6) is 0.772. The highest BCUT2D eigenvalue weighted by atomic mass is 127. The van der Waals surface area contributed by atoms with Crippen LogP contribution in [-0.2, 0) is 13.0 Å². The number of aromatic nitrogens is 2. The van der Waals surface area contributed by atoms with Gasteiger partial charge in [-0.15, -0.1) is 24.0 Å². The Labute approximate surface area is 165 Å². The number of hydrogen-bond acceptors (Lipinski definition) is 3. The monoisotopic (exact) mass is 447 g/mol. The van der Waals surface area contributed by atoms with Crippen molar-refractivity contribution in [3.8, 4) is 0 Å². The predicted octanol–water partition coefficient (Wildman–Crippen LogP) is 3.16. The van der Waals surface area contributed by atoms with Crippen molar-refractivity contribution in [2.75, 3.05) is 13.6 Å². The van der Waals surface area contributed by atoms with E-state index in [-0.39, 0.29) is 24.0 Å². The Bertz CT molecular complexity index is 815. The van der Waals surface area contributed by atoms with Crippen LogP contribution in [-0.4, -0.2) is 29.5 Å². The number of fused-ring (bicyclic) bond motifs is 1. The molecule has 5 nitrogen and oxygen atoms in total. The number of pyridine rings is 2. The largest absolute Gasteiger partial charge is 0.356 e. The fraction of sp³-hybridized carbons (Fsp3) is 0.211. The second-order valence-electron chi connectivity index (χ2n) is 5.42. The molecule has 0 spiro atoms. The summed E-state index contributed by atoms with van der Waals surface area (Å²) < 4.78 is 0. The second kappa shape index (κ2) is 9.93. The van der Waals surface area contributed by atoms with Gasteiger partial charge in [-0.1, -0.05) is 30.3 Å². The van der Waals surface area contributed by atoms with E-state index in [1.165, 1.54) is 10.9 Å². The molecule has 25 heavy (non-hydrogen) atoms. The first-order chi connectivity index (χ1) is 11.9. The van der Waals surface area contributed by atoms with E-state index < -0.39 is 0 Å². The van der Waals surface area contributed by atoms with E-state index in [1.54, 1.807) is 13.2 Å². The average molecular weight is 447 g/mol. The second-order valence-corrected chi connectivity index (χ2v) is 5.42. The van der Waals surface area contributed by atoms with E-state index >= 15 is 0 Å². The minimum absolute atomic E-state index is 0. The van der Waals surface area contributed by atoms with Gasteiger partial charge in [-0.05, 0) is 30.2 Å². The van der Waals surface area contributed by atoms with Crippen molar-refractivity contribution in [1.29, 1.82) is 0 Å². The van der Waals surface area contributed by atoms with E-state index in [4.69, 9.17) is 0 Å². The lowest BCUT2D eigenvalue weighted by Crippen LogP contribution is -2.38. The third-order valence-electron chi connectivity index (χ3n) is 3.79. The zero-order chi connectivity index (χ0) is 16.6. The summed E-state index contributed by atoms with van der Waals surface area (Å²) in [6.45, 7) is 1.44. The molecular formula is C19H22IN5. The summed E-state index contributed by atoms with van der Waals surface area (Å²) in [6, 6.07) is 16.2. The Balaban J connectivity index is 0.00000225. The van der Waals surface area contributed by atoms with Gasteiger partial charge >= 0.3 is 0 Å². The number of para-hydroxylation sites is 1. The first-order valence-corrected chi connectivity index (χ1v) is 8.04. The van der Waals surface area contributed by atoms with Crippen molar-refractivity contribution >= 4 is 40.8 Å². The van der Waals surface area contributed by atoms with Crippen molar-refractivity contribution in [1.82, 2.24) is 20.6 Å². The number of halogens is 1. The van der Waals surface area contributed by atoms with Gasteiger partial charge in [0.25, 0.3) is 0 Å². The molecule has 0 unspecified atom stereocenters. The average Bonchev–Trinajstić information content (AvgIpc) is 2.65. The first-order valence-electron chi connectivity index (χ1n) is 8.04. The molecule has 0 radical (unpaired) electrons. The predicted molar refractivity (Wildman–Crippen MR) is 113 cm³/mol. The molecule has 0 aliphatic carbocycles. The maximum absolute atomic E-state index is 4.49. The Kier molecular flexibility index (Phi) is 7.59. The quantitative estimate of drug-likeness (QED) is 0.359. The van der Waals surface area contributed by atoms with Crippen molar-refractivity contribution in [3.05, 3.63) is 72.2 Å². The van der Waals surface area contributed by atoms with Crippen LogP contribution in [0.1, 0.15) is 11.3 Å². The van der Waals surface area contributed by atoms with Crippen LogP contribution in [0.25, 0.3) is 10.9 Å². The fourth-order valence-corrected chi connectivity index (χ4v) is 2.58. The first kappa shape index (κ1) is 19.1. The third kappa shape index (κ3) is 5.38. The highest BCUT2D eigenvalue weighted by Gasteiger charge is 2.03. The molecule has 3 rings (SSSR count). The lowest BCUT2D eigenvalue weighted by Gasteiger charge is -2.12. The van der Waals surface area contributed by atoms with Crippen LogP contribution in [0.2, 0.25) is 0 Å². The molecule has 0 aliphatic heterocycles. The number of nitrogens with one attached hydrogen (secondary N) is 2. The van der Waals surface area contributed by atoms with Crippen molar-refractivity contribution in [2.24, 2.45) is 4.99 Å². The smallest absolute Gasteiger partial charge is 0.191 e. The van der Waals surface area contributed by atoms with Crippen LogP contribution in [0.4, 0.5) is 0 Å². The number of guanidine groups is 1. The summed E-state index contributed by atoms with van der Waals surface area (Å²) in [4.78, 5) is 13.0. The zero-order valence-electron chi connectivity index (χ0n) is 14.1. The number of benzene rings is 1. The van der Waals surface area contributed by atoms with Crippen LogP contribution in [0.5, 0.6) is 0 Å². The van der Waals surface area contributed by atoms with E-state index in [9.17, 15) is 0 Å². The molecule has 0 aliphatic rings. The lowest BCUT2D eigenvalue weighted by atomic mass is 10.1. The van der Waals surface area contributed by atoms with Crippen LogP contribution in [0, 0.1) is 0 Å². The highest BCUT2D eigenvalue weighted by molar-refractivity contribution is 14.0. The Morgan fingerprint density at radius 3 is 2.60 bits per heavy atom. The number of aliphatic imine (C=N–C) groups is 1. The fourth-order valence-electron chi connectivity index (χ4n) is 2.58. The van der Waals surface area contributed by atoms with Gasteiger partial charge in [-0.3, -0.25) is 15.0 Å². The molecular weight excluding hydrogens is 425 g/mol. The molecule has 6 heteroatoms. The molecule has 3 aromatic rings. The summed E-state index contributed by atoms with van der Waals surface area (Å²) in [5.41, 5.74) is 3.29. The van der Waals surface area contributed by atoms with Gasteiger partial charge < -0.3 is 10.6 Å². The van der Waals surface area contributed by atoms with Gasteiger partial charge in [-0.2, -0.15) is 0 Å². The zero-order valence-corrected chi connectivity index (χ0v) is 16.5. The highest BCUT2D eigenvalue weighted by Crippen LogP contribution is 2.15. The summed E-state index contributed by atoms with van der Waals surface area (Å²) >= 11 is 0. The van der Waals surface area contributed by atoms with Gasteiger partial charge in [0.2, 0.25) is 0 Å². The molecule has 2 N–H and O–H groups in total. The van der Waals surface area contributed by atoms with Crippen LogP contribution in [0.15, 0.2) is 65.9 Å². The molecule has 0 saturated carbocycles. The Hall–Kier alpha value is -2.22. The number of hydrogen-bond donors (Lipinski definition) is 2. The number of nitrogens with zero attached hydrogens (tertiary/aromatic N) is 3. The van der Waals surface area contributed by atoms with E-state index in [2.05, 4.69) is 49.9 Å². The third-order valence-corrected chi connectivity index (χ3v) is 3.79. The van der Waals surface area contributed by atoms with Crippen LogP contribution in [0.3, 0.4) is 0 Å². The van der Waals surface area contributed by atoms with Crippen LogP contribution < -0.4 is 10.6 Å². The van der Waals surface area contributed by atoms with E-state index in [0.717, 1.165) is 30.1 Å². The molecule has 130 valence electrons. The van der Waals surface area contributed by atoms with Gasteiger partial charge in [0, 0.05) is 31.4 Å². The molecule has 0 bridgehead atoms. The van der Waals surface area contributed by atoms with Gasteiger partial charge in [0.15, 0.2) is 5.96 Å². The van der Waals surface area contributed by atoms with E-state index in [1.807, 2.05) is 30.5 Å². The maximum atomic E-state index is 4.49. The number of rotatable bonds is 5. The van der Waals surface area contributed by atoms with E-state index in [0.29, 0.717) is 6.54 Å². The van der Waals surface area contributed by atoms with Gasteiger partial charge in [0.05, 0.1) is 17.8 Å². The molecule has 0 saturated heterocycles. The molecule has 0 fully saturated rings. The minimum atomic E-state index is 0. The maximum Gasteiger partial charge on any atom is 0.191 e. The standard InChI is InChI=1S/C19H21N5.HI/c1-20-19(24-14-17-9-2-3-11-21-17)23-13-10-16-7-4-6-15-8-5-12-22-18(15)16;/h2-9,11-12H,10,13-14H2,1H3,(H2,20,23,24);1H. The molecule has 0 atom stereocenters. The van der Waals surface area contributed by atoms with Gasteiger partial charge in [-0.25, -0.2) is 0 Å². The normalized spacial score (nSPS) is 11.0. The lowest BCUT2D eigenvalue weighted by molar-refractivity contribution is 0.784. The van der Waals surface area contributed by atoms with Crippen molar-refractivity contribution in [3.63, 3.8) is 0 Å². The molecule has 1 aromatic carbocycles. The van der Waals surface area contributed by atoms with Gasteiger partial charge in [0.1, 0.15) is 0 Å². The summed E-state index contributed by atoms with van der Waals surface area (Å²) in [5, 5.41) is 7.78. The minimum Gasteiger partial charge on any atom is -0.356 e. The summed E-state index contributed by atoms with van der Waals surface area (Å²) in [7, 11) is 1.77. The SMILES string of the molecule is CN=C(NCCc1cccc2cccnc12)NCc1ccccn1.I. The topological polar surface area (TPSA) is 62.2 Å². The van der Waals surface area contributed by atoms with Crippen molar-refractivity contribution in [2.45, 2.75) is 13.0 Å².